The number of carbonyl (C=O) groups excluding carboxylic acids is 2. The number of aromatic nitrogens is 1. The molecule has 1 aliphatic heterocycles. The largest absolute Gasteiger partial charge is 0.481 e. The zero-order valence-corrected chi connectivity index (χ0v) is 25.4. The van der Waals surface area contributed by atoms with Gasteiger partial charge in [-0.2, -0.15) is 0 Å². The van der Waals surface area contributed by atoms with E-state index in [9.17, 15) is 19.5 Å². The van der Waals surface area contributed by atoms with Crippen LogP contribution in [0.25, 0.3) is 10.4 Å². The number of hydrogen-bond acceptors (Lipinski definition) is 7. The van der Waals surface area contributed by atoms with Gasteiger partial charge in [0, 0.05) is 25.9 Å². The second-order valence-electron chi connectivity index (χ2n) is 11.4. The number of nitrogens with zero attached hydrogens (tertiary/aromatic N) is 2. The number of nitrogens with one attached hydrogen (secondary N) is 2. The van der Waals surface area contributed by atoms with Gasteiger partial charge in [-0.1, -0.05) is 57.9 Å². The van der Waals surface area contributed by atoms with Gasteiger partial charge in [0.05, 0.1) is 28.2 Å². The smallest absolute Gasteiger partial charge is 0.303 e. The molecule has 2 heterocycles. The maximum absolute atomic E-state index is 13.6. The minimum Gasteiger partial charge on any atom is -0.481 e. The average Bonchev–Trinajstić information content (AvgIpc) is 3.48. The molecule has 0 unspecified atom stereocenters. The van der Waals surface area contributed by atoms with Crippen LogP contribution in [0.15, 0.2) is 29.8 Å². The summed E-state index contributed by atoms with van der Waals surface area (Å²) in [6, 6.07) is 6.74. The summed E-state index contributed by atoms with van der Waals surface area (Å²) in [4.78, 5) is 44.4. The zero-order chi connectivity index (χ0) is 28.6. The summed E-state index contributed by atoms with van der Waals surface area (Å²) in [5.74, 6) is -1.24. The van der Waals surface area contributed by atoms with Crippen molar-refractivity contribution in [3.63, 3.8) is 0 Å². The highest BCUT2D eigenvalue weighted by molar-refractivity contribution is 7.13. The molecule has 1 saturated heterocycles. The predicted octanol–water partition coefficient (Wildman–Crippen LogP) is 4.16. The van der Waals surface area contributed by atoms with Crippen molar-refractivity contribution < 1.29 is 24.6 Å². The van der Waals surface area contributed by atoms with Crippen molar-refractivity contribution >= 4 is 41.5 Å². The van der Waals surface area contributed by atoms with E-state index in [1.54, 1.807) is 11.3 Å². The van der Waals surface area contributed by atoms with Crippen molar-refractivity contribution in [1.82, 2.24) is 20.5 Å². The minimum absolute atomic E-state index is 0. The number of likely N-dealkylation sites (tertiary alicyclic amines) is 1. The highest BCUT2D eigenvalue weighted by atomic mass is 35.5. The number of hydrogen-bond donors (Lipinski definition) is 4. The fourth-order valence-electron chi connectivity index (χ4n) is 4.90. The number of carboxylic acids is 1. The van der Waals surface area contributed by atoms with E-state index in [1.807, 2.05) is 57.5 Å². The second kappa shape index (κ2) is 15.5. The summed E-state index contributed by atoms with van der Waals surface area (Å²) in [5, 5.41) is 25.5. The normalized spacial score (nSPS) is 17.8. The number of aryl methyl sites for hydroxylation is 1. The molecule has 1 aromatic heterocycles. The van der Waals surface area contributed by atoms with Gasteiger partial charge in [0.1, 0.15) is 6.04 Å². The van der Waals surface area contributed by atoms with Gasteiger partial charge in [-0.05, 0) is 42.9 Å². The van der Waals surface area contributed by atoms with Crippen LogP contribution in [-0.4, -0.2) is 69.2 Å². The number of aliphatic hydroxyl groups excluding tert-OH is 1. The van der Waals surface area contributed by atoms with Gasteiger partial charge in [0.2, 0.25) is 11.8 Å². The minimum atomic E-state index is -0.780. The van der Waals surface area contributed by atoms with Crippen molar-refractivity contribution in [3.8, 4) is 10.4 Å². The Hall–Kier alpha value is -2.53. The number of benzene rings is 1. The molecule has 1 aromatic carbocycles. The maximum atomic E-state index is 13.6. The van der Waals surface area contributed by atoms with Gasteiger partial charge in [-0.3, -0.25) is 14.4 Å². The van der Waals surface area contributed by atoms with Crippen LogP contribution in [0.4, 0.5) is 0 Å². The second-order valence-corrected chi connectivity index (χ2v) is 12.2. The van der Waals surface area contributed by atoms with E-state index in [-0.39, 0.29) is 43.6 Å². The number of thiazole rings is 1. The van der Waals surface area contributed by atoms with Crippen LogP contribution in [0.2, 0.25) is 0 Å². The molecular weight excluding hydrogens is 552 g/mol. The van der Waals surface area contributed by atoms with Gasteiger partial charge < -0.3 is 25.7 Å². The molecule has 9 nitrogen and oxygen atoms in total. The van der Waals surface area contributed by atoms with Crippen LogP contribution in [0, 0.1) is 12.3 Å². The Labute approximate surface area is 247 Å². The molecule has 3 rings (SSSR count). The molecule has 3 atom stereocenters. The number of aliphatic carboxylic acids is 1. The van der Waals surface area contributed by atoms with Crippen molar-refractivity contribution in [3.05, 3.63) is 41.0 Å². The van der Waals surface area contributed by atoms with Crippen LogP contribution < -0.4 is 10.6 Å². The van der Waals surface area contributed by atoms with Crippen LogP contribution in [0.5, 0.6) is 0 Å². The predicted molar refractivity (Wildman–Crippen MR) is 159 cm³/mol. The molecule has 40 heavy (non-hydrogen) atoms. The van der Waals surface area contributed by atoms with Crippen LogP contribution in [0.1, 0.15) is 70.6 Å². The molecule has 4 N–H and O–H groups in total. The lowest BCUT2D eigenvalue weighted by atomic mass is 9.85. The number of β-amino-alcohol motifs (C(OH)–C–C–N with tert-alkyl or cyclic N) is 1. The SMILES string of the molecule is Cc1ncsc1-c1ccc(CNC(=O)[C@@H]2C[C@@H](O)CN2C(=O)[C@@H](NCCCCCCC(=O)O)C(C)(C)C)cc1.Cl. The summed E-state index contributed by atoms with van der Waals surface area (Å²) in [6.45, 7) is 9.00. The average molecular weight is 595 g/mol. The van der Waals surface area contributed by atoms with E-state index in [2.05, 4.69) is 15.6 Å². The molecule has 11 heteroatoms. The Morgan fingerprint density at radius 2 is 1.80 bits per heavy atom. The Bertz CT molecular complexity index is 1120. The first-order chi connectivity index (χ1) is 18.5. The molecule has 0 bridgehead atoms. The number of amides is 2. The fourth-order valence-corrected chi connectivity index (χ4v) is 5.71. The molecule has 0 spiro atoms. The molecule has 2 amide bonds. The first-order valence-electron chi connectivity index (χ1n) is 13.7. The van der Waals surface area contributed by atoms with Crippen molar-refractivity contribution in [1.29, 1.82) is 0 Å². The molecular formula is C29H43ClN4O5S. The summed E-state index contributed by atoms with van der Waals surface area (Å²) < 4.78 is 0. The zero-order valence-electron chi connectivity index (χ0n) is 23.8. The lowest BCUT2D eigenvalue weighted by Gasteiger charge is -2.35. The number of aliphatic hydroxyl groups is 1. The van der Waals surface area contributed by atoms with Gasteiger partial charge in [0.25, 0.3) is 0 Å². The third kappa shape index (κ3) is 9.54. The van der Waals surface area contributed by atoms with Crippen LogP contribution >= 0.6 is 23.7 Å². The van der Waals surface area contributed by atoms with E-state index < -0.39 is 29.6 Å². The molecule has 1 aliphatic rings. The topological polar surface area (TPSA) is 132 Å². The molecule has 1 fully saturated rings. The molecule has 0 radical (unpaired) electrons. The van der Waals surface area contributed by atoms with E-state index in [0.717, 1.165) is 41.0 Å². The summed E-state index contributed by atoms with van der Waals surface area (Å²) in [5.41, 5.74) is 4.45. The Kier molecular flexibility index (Phi) is 13.0. The molecule has 0 aliphatic carbocycles. The molecule has 222 valence electrons. The third-order valence-corrected chi connectivity index (χ3v) is 8.05. The number of carbonyl (C=O) groups is 3. The van der Waals surface area contributed by atoms with Gasteiger partial charge in [0.15, 0.2) is 0 Å². The highest BCUT2D eigenvalue weighted by Crippen LogP contribution is 2.28. The number of halogens is 1. The standard InChI is InChI=1S/C29H42N4O5S.ClH/c1-19-25(39-18-32-19)21-12-10-20(11-13-21)16-31-27(37)23-15-22(34)17-33(23)28(38)26(29(2,3)4)30-14-8-6-5-7-9-24(35)36;/h10-13,18,22-23,26,30,34H,5-9,14-17H2,1-4H3,(H,31,37)(H,35,36);1H/t22-,23+,26-;/m1./s1. The number of carboxylic acid groups (broad SMARTS) is 1. The lowest BCUT2D eigenvalue weighted by Crippen LogP contribution is -2.56. The van der Waals surface area contributed by atoms with E-state index in [1.165, 1.54) is 4.90 Å². The highest BCUT2D eigenvalue weighted by Gasteiger charge is 2.43. The fraction of sp³-hybridized carbons (Fsp3) is 0.586. The van der Waals surface area contributed by atoms with E-state index >= 15 is 0 Å². The van der Waals surface area contributed by atoms with Crippen molar-refractivity contribution in [2.45, 2.75) is 91.0 Å². The van der Waals surface area contributed by atoms with Crippen LogP contribution in [-0.2, 0) is 20.9 Å². The quantitative estimate of drug-likeness (QED) is 0.256. The first kappa shape index (κ1) is 33.7. The van der Waals surface area contributed by atoms with Gasteiger partial charge >= 0.3 is 5.97 Å². The van der Waals surface area contributed by atoms with Gasteiger partial charge in [-0.25, -0.2) is 4.98 Å². The van der Waals surface area contributed by atoms with Crippen molar-refractivity contribution in [2.75, 3.05) is 13.1 Å². The third-order valence-electron chi connectivity index (χ3n) is 7.07. The number of unbranched alkanes of at least 4 members (excludes halogenated alkanes) is 3. The van der Waals surface area contributed by atoms with Crippen molar-refractivity contribution in [2.24, 2.45) is 5.41 Å². The Morgan fingerprint density at radius 3 is 2.40 bits per heavy atom. The molecule has 2 aromatic rings. The maximum Gasteiger partial charge on any atom is 0.303 e. The summed E-state index contributed by atoms with van der Waals surface area (Å²) >= 11 is 1.59. The van der Waals surface area contributed by atoms with E-state index in [0.29, 0.717) is 19.5 Å². The monoisotopic (exact) mass is 594 g/mol. The first-order valence-corrected chi connectivity index (χ1v) is 14.6. The summed E-state index contributed by atoms with van der Waals surface area (Å²) in [6.07, 6.45) is 2.82. The van der Waals surface area contributed by atoms with Gasteiger partial charge in [-0.15, -0.1) is 23.7 Å². The van der Waals surface area contributed by atoms with Crippen LogP contribution in [0.3, 0.4) is 0 Å². The Balaban J connectivity index is 0.00000560. The number of rotatable bonds is 13. The molecule has 0 saturated carbocycles. The lowest BCUT2D eigenvalue weighted by molar-refractivity contribution is -0.142. The Morgan fingerprint density at radius 1 is 1.12 bits per heavy atom. The summed E-state index contributed by atoms with van der Waals surface area (Å²) in [7, 11) is 0. The van der Waals surface area contributed by atoms with E-state index in [4.69, 9.17) is 5.11 Å².